The second-order valence-electron chi connectivity index (χ2n) is 9.94. The van der Waals surface area contributed by atoms with Crippen molar-refractivity contribution in [2.24, 2.45) is 11.5 Å². The van der Waals surface area contributed by atoms with Crippen molar-refractivity contribution in [3.63, 3.8) is 0 Å². The normalized spacial score (nSPS) is 11.2. The number of ether oxygens (including phenoxy) is 1. The molecule has 10 N–H and O–H groups in total. The van der Waals surface area contributed by atoms with Gasteiger partial charge >= 0.3 is 6.03 Å². The first kappa shape index (κ1) is 42.9. The van der Waals surface area contributed by atoms with Crippen LogP contribution >= 0.6 is 0 Å². The van der Waals surface area contributed by atoms with Gasteiger partial charge in [0.25, 0.3) is 0 Å². The Bertz CT molecular complexity index is 2290. The van der Waals surface area contributed by atoms with Gasteiger partial charge < -0.3 is 21.5 Å². The molecular weight excluding hydrogens is 761 g/mol. The summed E-state index contributed by atoms with van der Waals surface area (Å²) in [5.74, 6) is -2.25. The molecule has 3 aromatic carbocycles. The number of carbonyl (C=O) groups excluding carboxylic acids is 4. The van der Waals surface area contributed by atoms with E-state index in [4.69, 9.17) is 33.5 Å². The lowest BCUT2D eigenvalue weighted by atomic mass is 10.1. The Hall–Kier alpha value is -6.31. The van der Waals surface area contributed by atoms with E-state index in [0.717, 1.165) is 31.6 Å². The van der Waals surface area contributed by atoms with E-state index in [0.29, 0.717) is 0 Å². The predicted octanol–water partition coefficient (Wildman–Crippen LogP) is 1.27. The molecule has 21 nitrogen and oxygen atoms in total. The molecule has 24 heteroatoms. The number of sulfonamides is 1. The summed E-state index contributed by atoms with van der Waals surface area (Å²) in [7, 11) is -3.72. The van der Waals surface area contributed by atoms with Crippen molar-refractivity contribution in [3.8, 4) is 5.75 Å². The summed E-state index contributed by atoms with van der Waals surface area (Å²) in [6.07, 6.45) is 0.979. The number of carbonyl (C=O) groups is 4. The van der Waals surface area contributed by atoms with Gasteiger partial charge in [-0.15, -0.1) is 0 Å². The highest BCUT2D eigenvalue weighted by Crippen LogP contribution is 2.36. The number of urea groups is 1. The third-order valence-corrected chi connectivity index (χ3v) is 9.93. The highest BCUT2D eigenvalue weighted by atomic mass is 32.2. The molecule has 0 saturated carbocycles. The molecule has 3 aromatic rings. The second-order valence-corrected chi connectivity index (χ2v) is 15.0. The fourth-order valence-electron chi connectivity index (χ4n) is 3.96. The molecule has 282 valence electrons. The topological polar surface area (TPSA) is 305 Å². The zero-order chi connectivity index (χ0) is 40.3. The van der Waals surface area contributed by atoms with Gasteiger partial charge in [0, 0.05) is 13.2 Å². The van der Waals surface area contributed by atoms with Crippen LogP contribution in [0.4, 0.5) is 33.2 Å². The molecule has 0 aliphatic carbocycles. The zero-order valence-corrected chi connectivity index (χ0v) is 30.8. The highest BCUT2D eigenvalue weighted by molar-refractivity contribution is 7.91. The van der Waals surface area contributed by atoms with Crippen molar-refractivity contribution < 1.29 is 49.1 Å². The van der Waals surface area contributed by atoms with Gasteiger partial charge in [-0.2, -0.15) is 0 Å². The van der Waals surface area contributed by atoms with Crippen molar-refractivity contribution >= 4 is 83.1 Å². The lowest BCUT2D eigenvalue weighted by Gasteiger charge is -2.16. The van der Waals surface area contributed by atoms with E-state index in [1.165, 1.54) is 45.3 Å². The molecule has 1 unspecified atom stereocenters. The first-order valence-corrected chi connectivity index (χ1v) is 18.5. The average molecular weight is 793 g/mol. The number of nitrogens with zero attached hydrogens (tertiary/aromatic N) is 2. The lowest BCUT2D eigenvalue weighted by Crippen LogP contribution is -2.34. The number of hydrazine groups is 2. The number of anilines is 3. The second kappa shape index (κ2) is 18.3. The molecule has 1 atom stereocenters. The molecular formula is C29H32N10O11S3. The largest absolute Gasteiger partial charge is 0.495 e. The van der Waals surface area contributed by atoms with Gasteiger partial charge in [-0.1, -0.05) is 0 Å². The van der Waals surface area contributed by atoms with Crippen LogP contribution in [0.25, 0.3) is 9.69 Å². The van der Waals surface area contributed by atoms with Gasteiger partial charge in [0.2, 0.25) is 27.7 Å². The fraction of sp³-hybridized carbons (Fsp3) is 0.172. The van der Waals surface area contributed by atoms with Gasteiger partial charge in [0.15, 0.2) is 32.3 Å². The number of sulfone groups is 1. The number of rotatable bonds is 13. The minimum absolute atomic E-state index is 0.00949. The van der Waals surface area contributed by atoms with Gasteiger partial charge in [0.05, 0.1) is 70.2 Å². The van der Waals surface area contributed by atoms with Crippen molar-refractivity contribution in [1.82, 2.24) is 15.6 Å². The van der Waals surface area contributed by atoms with Gasteiger partial charge in [-0.25, -0.2) is 30.6 Å². The van der Waals surface area contributed by atoms with E-state index in [2.05, 4.69) is 41.4 Å². The summed E-state index contributed by atoms with van der Waals surface area (Å²) < 4.78 is 71.6. The maximum Gasteiger partial charge on any atom is 0.337 e. The molecule has 0 aliphatic heterocycles. The van der Waals surface area contributed by atoms with E-state index in [-0.39, 0.29) is 60.0 Å². The molecule has 53 heavy (non-hydrogen) atoms. The molecule has 0 aliphatic rings. The summed E-state index contributed by atoms with van der Waals surface area (Å²) in [5, 5.41) is 2.40. The van der Waals surface area contributed by atoms with Crippen molar-refractivity contribution in [2.45, 2.75) is 21.6 Å². The maximum absolute atomic E-state index is 12.5. The number of methoxy groups -OCH3 is 1. The molecule has 0 bridgehead atoms. The number of nitrogens with two attached hydrogens (primary N) is 2. The van der Waals surface area contributed by atoms with Crippen LogP contribution in [0.3, 0.4) is 0 Å². The molecule has 0 spiro atoms. The third kappa shape index (κ3) is 11.3. The SMILES string of the molecule is CNS(=O)(=O)c1ccc(OC)c(NC(=O)NNc2cc(C(N)=O)c(C(N)=O)cc2S(=O)OC)c1.[C-]#[N+]c1cc(NNC(C)=O)c(S(C)(=O)=O)cc1[N+]#[C-]. The smallest absolute Gasteiger partial charge is 0.337 e. The Morgan fingerprint density at radius 1 is 0.811 bits per heavy atom. The van der Waals surface area contributed by atoms with Crippen LogP contribution in [0.2, 0.25) is 0 Å². The summed E-state index contributed by atoms with van der Waals surface area (Å²) in [6.45, 7) is 15.1. The van der Waals surface area contributed by atoms with Crippen LogP contribution in [-0.2, 0) is 39.9 Å². The van der Waals surface area contributed by atoms with Gasteiger partial charge in [0.1, 0.15) is 5.75 Å². The van der Waals surface area contributed by atoms with Crippen molar-refractivity contribution in [2.75, 3.05) is 43.7 Å². The monoisotopic (exact) mass is 792 g/mol. The lowest BCUT2D eigenvalue weighted by molar-refractivity contribution is -0.118. The molecule has 0 radical (unpaired) electrons. The van der Waals surface area contributed by atoms with Crippen LogP contribution in [-0.4, -0.2) is 72.3 Å². The molecule has 0 saturated heterocycles. The van der Waals surface area contributed by atoms with E-state index in [9.17, 15) is 40.2 Å². The Morgan fingerprint density at radius 3 is 1.87 bits per heavy atom. The maximum atomic E-state index is 12.5. The fourth-order valence-corrected chi connectivity index (χ4v) is 6.23. The van der Waals surface area contributed by atoms with Crippen molar-refractivity contribution in [1.29, 1.82) is 0 Å². The van der Waals surface area contributed by atoms with E-state index in [1.807, 2.05) is 0 Å². The Balaban J connectivity index is 0.000000432. The Labute approximate surface area is 306 Å². The first-order valence-electron chi connectivity index (χ1n) is 14.1. The minimum Gasteiger partial charge on any atom is -0.495 e. The summed E-state index contributed by atoms with van der Waals surface area (Å²) >= 11 is -2.11. The molecule has 0 aromatic heterocycles. The third-order valence-electron chi connectivity index (χ3n) is 6.38. The number of primary amides is 2. The molecule has 3 rings (SSSR count). The predicted molar refractivity (Wildman–Crippen MR) is 191 cm³/mol. The molecule has 5 amide bonds. The van der Waals surface area contributed by atoms with E-state index in [1.54, 1.807) is 0 Å². The number of hydrogen-bond donors (Lipinski definition) is 8. The standard InChI is InChI=1S/C18H22N6O8S2.C11H10N4O3S/c1-21-34(29,30)9-4-5-14(31-2)12(6-9)22-18(27)24-23-13-7-10(16(19)25)11(17(20)26)8-15(13)33(28)32-3;1-7(16)14-15-10-5-8(12-2)9(13-3)6-11(10)19(4,17)18/h4-8,21,23H,1-3H3,(H2,19,25)(H2,20,26)(H2,22,24,27);5-6,15H,1,4H3,(H,14,16). The van der Waals surface area contributed by atoms with Crippen molar-refractivity contribution in [3.05, 3.63) is 76.4 Å². The van der Waals surface area contributed by atoms with Crippen LogP contribution < -0.4 is 47.9 Å². The summed E-state index contributed by atoms with van der Waals surface area (Å²) in [5.41, 5.74) is 19.2. The van der Waals surface area contributed by atoms with Crippen LogP contribution in [0.1, 0.15) is 27.6 Å². The van der Waals surface area contributed by atoms with Gasteiger partial charge in [-0.05, 0) is 49.5 Å². The number of nitrogens with one attached hydrogen (secondary N) is 6. The average Bonchev–Trinajstić information content (AvgIpc) is 3.11. The first-order chi connectivity index (χ1) is 24.7. The summed E-state index contributed by atoms with van der Waals surface area (Å²) in [4.78, 5) is 52.5. The van der Waals surface area contributed by atoms with E-state index >= 15 is 0 Å². The zero-order valence-electron chi connectivity index (χ0n) is 28.3. The Kier molecular flexibility index (Phi) is 14.8. The number of benzene rings is 3. The molecule has 0 heterocycles. The molecule has 0 fully saturated rings. The number of hydrogen-bond acceptors (Lipinski definition) is 13. The van der Waals surface area contributed by atoms with Crippen LogP contribution in [0.5, 0.6) is 5.75 Å². The van der Waals surface area contributed by atoms with Crippen LogP contribution in [0.15, 0.2) is 57.2 Å². The quantitative estimate of drug-likeness (QED) is 0.0895. The number of amides is 5. The van der Waals surface area contributed by atoms with Gasteiger partial charge in [-0.3, -0.25) is 50.0 Å². The highest BCUT2D eigenvalue weighted by Gasteiger charge is 2.22. The Morgan fingerprint density at radius 2 is 1.38 bits per heavy atom. The minimum atomic E-state index is -3.80. The van der Waals surface area contributed by atoms with E-state index < -0.39 is 54.7 Å². The summed E-state index contributed by atoms with van der Waals surface area (Å²) in [6, 6.07) is 7.33. The van der Waals surface area contributed by atoms with Crippen LogP contribution in [0, 0.1) is 13.1 Å².